The highest BCUT2D eigenvalue weighted by atomic mass is 16.6. The Morgan fingerprint density at radius 3 is 2.71 bits per heavy atom. The third-order valence-corrected chi connectivity index (χ3v) is 3.40. The van der Waals surface area contributed by atoms with Gasteiger partial charge in [0.05, 0.1) is 17.2 Å². The highest BCUT2D eigenvalue weighted by Crippen LogP contribution is 2.18. The van der Waals surface area contributed by atoms with Crippen LogP contribution in [0.5, 0.6) is 5.75 Å². The number of benzene rings is 1. The smallest absolute Gasteiger partial charge is 0.269 e. The maximum atomic E-state index is 10.6. The van der Waals surface area contributed by atoms with Crippen molar-refractivity contribution in [2.45, 2.75) is 20.1 Å². The van der Waals surface area contributed by atoms with Crippen molar-refractivity contribution in [1.82, 2.24) is 19.7 Å². The fourth-order valence-electron chi connectivity index (χ4n) is 2.17. The Morgan fingerprint density at radius 2 is 2.08 bits per heavy atom. The summed E-state index contributed by atoms with van der Waals surface area (Å²) in [4.78, 5) is 18.4. The molecule has 0 atom stereocenters. The van der Waals surface area contributed by atoms with Gasteiger partial charge < -0.3 is 10.5 Å². The van der Waals surface area contributed by atoms with Crippen LogP contribution in [-0.2, 0) is 13.2 Å². The van der Waals surface area contributed by atoms with Crippen molar-refractivity contribution < 1.29 is 9.66 Å². The van der Waals surface area contributed by atoms with E-state index in [2.05, 4.69) is 15.1 Å². The van der Waals surface area contributed by atoms with E-state index in [0.717, 1.165) is 11.3 Å². The monoisotopic (exact) mass is 328 g/mol. The first-order valence-corrected chi connectivity index (χ1v) is 7.20. The van der Waals surface area contributed by atoms with Crippen LogP contribution >= 0.6 is 0 Å². The van der Waals surface area contributed by atoms with Crippen molar-refractivity contribution in [3.63, 3.8) is 0 Å². The zero-order chi connectivity index (χ0) is 17.1. The summed E-state index contributed by atoms with van der Waals surface area (Å²) in [5, 5.41) is 13.7. The number of non-ortho nitro benzene ring substituents is 1. The maximum absolute atomic E-state index is 10.6. The first-order chi connectivity index (χ1) is 11.5. The van der Waals surface area contributed by atoms with Crippen LogP contribution in [0.1, 0.15) is 17.1 Å². The summed E-state index contributed by atoms with van der Waals surface area (Å²) in [7, 11) is 0. The van der Waals surface area contributed by atoms with Crippen molar-refractivity contribution in [1.29, 1.82) is 0 Å². The first-order valence-electron chi connectivity index (χ1n) is 7.20. The number of hydrogen-bond acceptors (Lipinski definition) is 6. The average molecular weight is 328 g/mol. The van der Waals surface area contributed by atoms with Gasteiger partial charge >= 0.3 is 0 Å². The van der Waals surface area contributed by atoms with Gasteiger partial charge in [0.2, 0.25) is 0 Å². The largest absolute Gasteiger partial charge is 0.487 e. The molecule has 0 aliphatic heterocycles. The van der Waals surface area contributed by atoms with Crippen molar-refractivity contribution >= 4 is 11.5 Å². The standard InChI is InChI=1S/C15H16N6O3/c1-10-17-6-11(15(16)18-10)7-20-8-12(19-20)9-24-14-4-2-13(3-5-14)21(22)23/h2-6,8,19H,7,9H2,1H3,(H2,16,17,18). The second-order valence-electron chi connectivity index (χ2n) is 5.26. The molecule has 0 spiro atoms. The van der Waals surface area contributed by atoms with E-state index in [0.29, 0.717) is 30.5 Å². The number of aryl methyl sites for hydroxylation is 1. The molecule has 3 N–H and O–H groups in total. The van der Waals surface area contributed by atoms with Crippen LogP contribution in [0.4, 0.5) is 11.5 Å². The topological polar surface area (TPSA) is 125 Å². The van der Waals surface area contributed by atoms with E-state index < -0.39 is 4.92 Å². The number of nitrogens with two attached hydrogens (primary N) is 1. The third kappa shape index (κ3) is 3.51. The summed E-state index contributed by atoms with van der Waals surface area (Å²) in [6, 6.07) is 5.95. The molecule has 3 rings (SSSR count). The minimum Gasteiger partial charge on any atom is -0.487 e. The molecule has 24 heavy (non-hydrogen) atoms. The third-order valence-electron chi connectivity index (χ3n) is 3.40. The molecule has 0 saturated heterocycles. The van der Waals surface area contributed by atoms with Crippen molar-refractivity contribution in [2.75, 3.05) is 5.73 Å². The summed E-state index contributed by atoms with van der Waals surface area (Å²) in [6.45, 7) is 2.68. The Hall–Kier alpha value is -3.36. The normalized spacial score (nSPS) is 10.7. The number of aromatic amines is 1. The molecule has 0 unspecified atom stereocenters. The quantitative estimate of drug-likeness (QED) is 0.527. The first kappa shape index (κ1) is 15.5. The van der Waals surface area contributed by atoms with Crippen LogP contribution in [0.25, 0.3) is 0 Å². The van der Waals surface area contributed by atoms with E-state index in [1.807, 2.05) is 10.9 Å². The number of ether oxygens (including phenoxy) is 1. The fourth-order valence-corrected chi connectivity index (χ4v) is 2.17. The zero-order valence-corrected chi connectivity index (χ0v) is 13.0. The molecule has 1 aromatic carbocycles. The van der Waals surface area contributed by atoms with Crippen molar-refractivity contribution in [3.05, 3.63) is 63.9 Å². The number of nitrogens with one attached hydrogen (secondary N) is 1. The molecule has 0 amide bonds. The van der Waals surface area contributed by atoms with Gasteiger partial charge in [0, 0.05) is 30.1 Å². The minimum atomic E-state index is -0.446. The van der Waals surface area contributed by atoms with Crippen LogP contribution in [-0.4, -0.2) is 24.7 Å². The van der Waals surface area contributed by atoms with Gasteiger partial charge in [-0.3, -0.25) is 19.9 Å². The lowest BCUT2D eigenvalue weighted by molar-refractivity contribution is -0.384. The van der Waals surface area contributed by atoms with Crippen LogP contribution in [0, 0.1) is 17.0 Å². The predicted octanol–water partition coefficient (Wildman–Crippen LogP) is 2.03. The van der Waals surface area contributed by atoms with Crippen LogP contribution in [0.3, 0.4) is 0 Å². The number of aromatic nitrogens is 4. The highest BCUT2D eigenvalue weighted by Gasteiger charge is 2.08. The Balaban J connectivity index is 1.53. The number of nitro groups is 1. The molecule has 2 aromatic heterocycles. The molecule has 124 valence electrons. The van der Waals surface area contributed by atoms with Crippen molar-refractivity contribution in [3.8, 4) is 5.75 Å². The van der Waals surface area contributed by atoms with Crippen LogP contribution in [0.15, 0.2) is 36.7 Å². The summed E-state index contributed by atoms with van der Waals surface area (Å²) >= 11 is 0. The molecular formula is C15H16N6O3. The van der Waals surface area contributed by atoms with Gasteiger partial charge in [0.25, 0.3) is 5.69 Å². The fraction of sp³-hybridized carbons (Fsp3) is 0.200. The molecule has 2 heterocycles. The Morgan fingerprint density at radius 1 is 1.38 bits per heavy atom. The lowest BCUT2D eigenvalue weighted by Crippen LogP contribution is -2.17. The van der Waals surface area contributed by atoms with E-state index >= 15 is 0 Å². The number of anilines is 1. The van der Waals surface area contributed by atoms with Gasteiger partial charge in [-0.25, -0.2) is 9.97 Å². The van der Waals surface area contributed by atoms with E-state index in [9.17, 15) is 10.1 Å². The molecule has 9 heteroatoms. The Bertz CT molecular complexity index is 840. The highest BCUT2D eigenvalue weighted by molar-refractivity contribution is 5.38. The Labute approximate surface area is 137 Å². The van der Waals surface area contributed by atoms with Crippen molar-refractivity contribution in [2.24, 2.45) is 0 Å². The van der Waals surface area contributed by atoms with Gasteiger partial charge in [0.1, 0.15) is 24.0 Å². The summed E-state index contributed by atoms with van der Waals surface area (Å²) in [5.74, 6) is 1.67. The lowest BCUT2D eigenvalue weighted by Gasteiger charge is -2.17. The number of hydrogen-bond donors (Lipinski definition) is 2. The summed E-state index contributed by atoms with van der Waals surface area (Å²) in [6.07, 6.45) is 3.60. The molecule has 0 aliphatic rings. The van der Waals surface area contributed by atoms with Gasteiger partial charge in [0.15, 0.2) is 0 Å². The Kier molecular flexibility index (Phi) is 4.15. The molecule has 0 aliphatic carbocycles. The number of nitrogen functional groups attached to an aromatic ring is 1. The van der Waals surface area contributed by atoms with Crippen LogP contribution in [0.2, 0.25) is 0 Å². The van der Waals surface area contributed by atoms with Gasteiger partial charge in [-0.15, -0.1) is 0 Å². The number of rotatable bonds is 6. The van der Waals surface area contributed by atoms with Gasteiger partial charge in [-0.1, -0.05) is 0 Å². The van der Waals surface area contributed by atoms with E-state index in [-0.39, 0.29) is 5.69 Å². The second kappa shape index (κ2) is 6.41. The molecule has 3 aromatic rings. The molecule has 0 saturated carbocycles. The minimum absolute atomic E-state index is 0.0346. The van der Waals surface area contributed by atoms with Gasteiger partial charge in [-0.05, 0) is 19.1 Å². The zero-order valence-electron chi connectivity index (χ0n) is 13.0. The average Bonchev–Trinajstić information content (AvgIpc) is 2.51. The summed E-state index contributed by atoms with van der Waals surface area (Å²) < 4.78 is 7.40. The number of nitro benzene ring substituents is 1. The number of H-pyrrole nitrogens is 1. The van der Waals surface area contributed by atoms with E-state index in [1.54, 1.807) is 25.3 Å². The molecule has 0 bridgehead atoms. The molecule has 9 nitrogen and oxygen atoms in total. The predicted molar refractivity (Wildman–Crippen MR) is 86.5 cm³/mol. The summed E-state index contributed by atoms with van der Waals surface area (Å²) in [5.41, 5.74) is 7.61. The maximum Gasteiger partial charge on any atom is 0.269 e. The van der Waals surface area contributed by atoms with Crippen LogP contribution < -0.4 is 10.5 Å². The van der Waals surface area contributed by atoms with E-state index in [4.69, 9.17) is 10.5 Å². The molecular weight excluding hydrogens is 312 g/mol. The number of nitrogens with zero attached hydrogens (tertiary/aromatic N) is 4. The SMILES string of the molecule is Cc1ncc(Cn2cc(COc3ccc([N+](=O)[O-])cc3)[nH]2)c(N)n1. The second-order valence-corrected chi connectivity index (χ2v) is 5.26. The van der Waals surface area contributed by atoms with Gasteiger partial charge in [-0.2, -0.15) is 0 Å². The lowest BCUT2D eigenvalue weighted by atomic mass is 10.3. The molecule has 0 fully saturated rings. The van der Waals surface area contributed by atoms with E-state index in [1.165, 1.54) is 12.1 Å². The molecule has 0 radical (unpaired) electrons.